The molecule has 1 N–H and O–H groups in total. The maximum atomic E-state index is 12.9. The van der Waals surface area contributed by atoms with Gasteiger partial charge in [-0.25, -0.2) is 4.79 Å². The molecule has 6 nitrogen and oxygen atoms in total. The summed E-state index contributed by atoms with van der Waals surface area (Å²) >= 11 is 1.64. The summed E-state index contributed by atoms with van der Waals surface area (Å²) in [6, 6.07) is -0.570. The molecule has 3 atom stereocenters. The van der Waals surface area contributed by atoms with Gasteiger partial charge in [-0.1, -0.05) is 0 Å². The molecule has 2 aliphatic heterocycles. The Kier molecular flexibility index (Phi) is 4.27. The number of amides is 2. The van der Waals surface area contributed by atoms with Crippen LogP contribution < -0.4 is 5.32 Å². The second-order valence-corrected chi connectivity index (χ2v) is 11.5. The third-order valence-electron chi connectivity index (χ3n) is 7.81. The zero-order chi connectivity index (χ0) is 19.7. The molecule has 154 valence electrons. The molecule has 0 aromatic carbocycles. The van der Waals surface area contributed by atoms with E-state index in [1.165, 1.54) is 19.3 Å². The first-order chi connectivity index (χ1) is 13.3. The minimum Gasteiger partial charge on any atom is -0.451 e. The molecule has 0 spiro atoms. The molecule has 4 saturated carbocycles. The predicted molar refractivity (Wildman–Crippen MR) is 105 cm³/mol. The van der Waals surface area contributed by atoms with Crippen LogP contribution in [0.3, 0.4) is 0 Å². The topological polar surface area (TPSA) is 75.7 Å². The van der Waals surface area contributed by atoms with Gasteiger partial charge < -0.3 is 15.0 Å². The van der Waals surface area contributed by atoms with Gasteiger partial charge in [-0.15, -0.1) is 11.8 Å². The number of ether oxygens (including phenoxy) is 1. The van der Waals surface area contributed by atoms with Gasteiger partial charge >= 0.3 is 5.97 Å². The number of carbonyl (C=O) groups excluding carboxylic acids is 3. The van der Waals surface area contributed by atoms with E-state index in [-0.39, 0.29) is 22.2 Å². The van der Waals surface area contributed by atoms with Crippen LogP contribution in [0.4, 0.5) is 0 Å². The maximum Gasteiger partial charge on any atom is 0.330 e. The molecule has 4 aliphatic carbocycles. The molecule has 7 heteroatoms. The summed E-state index contributed by atoms with van der Waals surface area (Å²) in [4.78, 5) is 39.2. The number of rotatable bonds is 4. The van der Waals surface area contributed by atoms with Crippen molar-refractivity contribution in [2.45, 2.75) is 87.8 Å². The smallest absolute Gasteiger partial charge is 0.330 e. The van der Waals surface area contributed by atoms with Crippen LogP contribution in [0.15, 0.2) is 0 Å². The van der Waals surface area contributed by atoms with Crippen LogP contribution >= 0.6 is 11.8 Å². The molecule has 6 fully saturated rings. The molecule has 6 rings (SSSR count). The molecule has 4 bridgehead atoms. The third-order valence-corrected chi connectivity index (χ3v) is 9.31. The van der Waals surface area contributed by atoms with Crippen molar-refractivity contribution >= 4 is 29.5 Å². The van der Waals surface area contributed by atoms with Gasteiger partial charge in [0.05, 0.1) is 4.87 Å². The molecule has 2 heterocycles. The number of nitrogens with zero attached hydrogens (tertiary/aromatic N) is 1. The summed E-state index contributed by atoms with van der Waals surface area (Å²) in [6.07, 6.45) is 7.61. The zero-order valence-corrected chi connectivity index (χ0v) is 17.6. The summed E-state index contributed by atoms with van der Waals surface area (Å²) < 4.78 is 5.55. The van der Waals surface area contributed by atoms with Crippen molar-refractivity contribution < 1.29 is 19.1 Å². The first-order valence-corrected chi connectivity index (χ1v) is 11.7. The Hall–Kier alpha value is -1.24. The fourth-order valence-electron chi connectivity index (χ4n) is 6.93. The highest BCUT2D eigenvalue weighted by Gasteiger charge is 2.54. The van der Waals surface area contributed by atoms with Crippen molar-refractivity contribution in [3.05, 3.63) is 0 Å². The van der Waals surface area contributed by atoms with E-state index in [4.69, 9.17) is 4.74 Å². The number of esters is 1. The number of hydrogen-bond donors (Lipinski definition) is 1. The van der Waals surface area contributed by atoms with Gasteiger partial charge in [-0.3, -0.25) is 9.59 Å². The Morgan fingerprint density at radius 2 is 1.79 bits per heavy atom. The van der Waals surface area contributed by atoms with Crippen molar-refractivity contribution in [1.82, 2.24) is 10.2 Å². The van der Waals surface area contributed by atoms with Gasteiger partial charge in [0.25, 0.3) is 5.91 Å². The van der Waals surface area contributed by atoms with Gasteiger partial charge in [0.2, 0.25) is 5.91 Å². The van der Waals surface area contributed by atoms with Crippen molar-refractivity contribution in [2.75, 3.05) is 5.75 Å². The van der Waals surface area contributed by atoms with E-state index in [9.17, 15) is 14.4 Å². The van der Waals surface area contributed by atoms with Crippen LogP contribution in [0.5, 0.6) is 0 Å². The van der Waals surface area contributed by atoms with Crippen molar-refractivity contribution in [3.8, 4) is 0 Å². The van der Waals surface area contributed by atoms with E-state index in [1.807, 2.05) is 6.92 Å². The summed E-state index contributed by atoms with van der Waals surface area (Å²) in [5.41, 5.74) is -0.0841. The Bertz CT molecular complexity index is 690. The van der Waals surface area contributed by atoms with Crippen molar-refractivity contribution in [1.29, 1.82) is 0 Å². The van der Waals surface area contributed by atoms with E-state index < -0.39 is 18.1 Å². The highest BCUT2D eigenvalue weighted by molar-refractivity contribution is 8.01. The van der Waals surface area contributed by atoms with E-state index in [0.717, 1.165) is 43.4 Å². The highest BCUT2D eigenvalue weighted by atomic mass is 32.2. The molecule has 0 aromatic rings. The Morgan fingerprint density at radius 1 is 1.18 bits per heavy atom. The number of fused-ring (bicyclic) bond motifs is 1. The second kappa shape index (κ2) is 6.38. The standard InChI is InChI=1S/C21H30N2O4S/c1-12(27-19(26)16-11-28-20(2)4-3-17(24)23(16)20)18(25)22-21-8-13-5-14(9-21)7-15(6-13)10-21/h12-16H,3-11H2,1-2H3,(H,22,25)/t12-,13?,14?,15?,16+,20-,21?/m0/s1. The fourth-order valence-corrected chi connectivity index (χ4v) is 8.34. The molecule has 0 radical (unpaired) electrons. The van der Waals surface area contributed by atoms with E-state index in [0.29, 0.717) is 12.2 Å². The summed E-state index contributed by atoms with van der Waals surface area (Å²) in [5.74, 6) is 2.18. The summed E-state index contributed by atoms with van der Waals surface area (Å²) in [5, 5.41) is 3.28. The Labute approximate surface area is 170 Å². The molecule has 0 unspecified atom stereocenters. The van der Waals surface area contributed by atoms with E-state index >= 15 is 0 Å². The average molecular weight is 407 g/mol. The monoisotopic (exact) mass is 406 g/mol. The lowest BCUT2D eigenvalue weighted by atomic mass is 9.53. The van der Waals surface area contributed by atoms with Crippen LogP contribution in [0.25, 0.3) is 0 Å². The maximum absolute atomic E-state index is 12.9. The van der Waals surface area contributed by atoms with Crippen molar-refractivity contribution in [2.24, 2.45) is 17.8 Å². The molecule has 2 amide bonds. The highest BCUT2D eigenvalue weighted by Crippen LogP contribution is 2.55. The normalized spacial score (nSPS) is 44.5. The van der Waals surface area contributed by atoms with E-state index in [2.05, 4.69) is 5.32 Å². The van der Waals surface area contributed by atoms with Crippen LogP contribution in [-0.4, -0.2) is 51.0 Å². The minimum absolute atomic E-state index is 0.0140. The Balaban J connectivity index is 1.21. The second-order valence-electron chi connectivity index (χ2n) is 10.0. The number of nitrogens with one attached hydrogen (secondary N) is 1. The Morgan fingerprint density at radius 3 is 2.39 bits per heavy atom. The quantitative estimate of drug-likeness (QED) is 0.726. The number of carbonyl (C=O) groups is 3. The lowest BCUT2D eigenvalue weighted by Gasteiger charge is -2.57. The SMILES string of the molecule is C[C@H](OC(=O)[C@H]1CS[C@@]2(C)CCC(=O)N12)C(=O)NC12CC3CC(CC(C3)C1)C2. The lowest BCUT2D eigenvalue weighted by molar-refractivity contribution is -0.162. The van der Waals surface area contributed by atoms with Gasteiger partial charge in [0.15, 0.2) is 6.10 Å². The van der Waals surface area contributed by atoms with Gasteiger partial charge in [0, 0.05) is 17.7 Å². The van der Waals surface area contributed by atoms with Crippen LogP contribution in [0, 0.1) is 17.8 Å². The molecule has 28 heavy (non-hydrogen) atoms. The molecule has 6 aliphatic rings. The van der Waals surface area contributed by atoms with Crippen LogP contribution in [0.1, 0.15) is 65.2 Å². The predicted octanol–water partition coefficient (Wildman–Crippen LogP) is 2.46. The summed E-state index contributed by atoms with van der Waals surface area (Å²) in [7, 11) is 0. The summed E-state index contributed by atoms with van der Waals surface area (Å²) in [6.45, 7) is 3.67. The first-order valence-electron chi connectivity index (χ1n) is 10.8. The lowest BCUT2D eigenvalue weighted by Crippen LogP contribution is -2.61. The largest absolute Gasteiger partial charge is 0.451 e. The van der Waals surface area contributed by atoms with Crippen LogP contribution in [-0.2, 0) is 19.1 Å². The molecule has 0 aromatic heterocycles. The molecular formula is C21H30N2O4S. The van der Waals surface area contributed by atoms with Crippen molar-refractivity contribution in [3.63, 3.8) is 0 Å². The third kappa shape index (κ3) is 2.96. The molecular weight excluding hydrogens is 376 g/mol. The zero-order valence-electron chi connectivity index (χ0n) is 16.7. The number of thioether (sulfide) groups is 1. The van der Waals surface area contributed by atoms with Gasteiger partial charge in [-0.05, 0) is 76.5 Å². The number of hydrogen-bond acceptors (Lipinski definition) is 5. The first kappa shape index (κ1) is 18.8. The average Bonchev–Trinajstić information content (AvgIpc) is 3.09. The van der Waals surface area contributed by atoms with E-state index in [1.54, 1.807) is 23.6 Å². The minimum atomic E-state index is -0.824. The van der Waals surface area contributed by atoms with Gasteiger partial charge in [-0.2, -0.15) is 0 Å². The van der Waals surface area contributed by atoms with Gasteiger partial charge in [0.1, 0.15) is 6.04 Å². The van der Waals surface area contributed by atoms with Crippen LogP contribution in [0.2, 0.25) is 0 Å². The molecule has 2 saturated heterocycles. The fraction of sp³-hybridized carbons (Fsp3) is 0.857.